The summed E-state index contributed by atoms with van der Waals surface area (Å²) in [6.45, 7) is 4.68. The van der Waals surface area contributed by atoms with Gasteiger partial charge in [-0.2, -0.15) is 0 Å². The van der Waals surface area contributed by atoms with Gasteiger partial charge in [0.2, 0.25) is 0 Å². The van der Waals surface area contributed by atoms with Crippen molar-refractivity contribution < 1.29 is 9.90 Å². The van der Waals surface area contributed by atoms with Crippen LogP contribution in [0.25, 0.3) is 0 Å². The van der Waals surface area contributed by atoms with E-state index < -0.39 is 0 Å². The highest BCUT2D eigenvalue weighted by Crippen LogP contribution is 2.14. The van der Waals surface area contributed by atoms with E-state index in [9.17, 15) is 4.79 Å². The average Bonchev–Trinajstić information content (AvgIpc) is 2.28. The monoisotopic (exact) mass is 222 g/mol. The summed E-state index contributed by atoms with van der Waals surface area (Å²) in [7, 11) is 0. The zero-order valence-corrected chi connectivity index (χ0v) is 9.73. The number of aryl methyl sites for hydroxylation is 1. The van der Waals surface area contributed by atoms with Gasteiger partial charge in [-0.25, -0.2) is 0 Å². The average molecular weight is 222 g/mol. The molecule has 0 saturated carbocycles. The second kappa shape index (κ2) is 5.51. The van der Waals surface area contributed by atoms with Crippen LogP contribution in [0.4, 0.5) is 5.69 Å². The smallest absolute Gasteiger partial charge is 0.253 e. The molecule has 0 aliphatic heterocycles. The molecule has 16 heavy (non-hydrogen) atoms. The van der Waals surface area contributed by atoms with Crippen LogP contribution in [0, 0.1) is 6.92 Å². The van der Waals surface area contributed by atoms with Crippen molar-refractivity contribution in [1.82, 2.24) is 4.90 Å². The van der Waals surface area contributed by atoms with Crippen LogP contribution in [0.1, 0.15) is 22.8 Å². The van der Waals surface area contributed by atoms with Crippen molar-refractivity contribution in [2.24, 2.45) is 0 Å². The number of aliphatic hydroxyl groups excluding tert-OH is 1. The van der Waals surface area contributed by atoms with E-state index in [1.54, 1.807) is 23.1 Å². The third-order valence-corrected chi connectivity index (χ3v) is 2.56. The van der Waals surface area contributed by atoms with Gasteiger partial charge in [0.05, 0.1) is 6.61 Å². The van der Waals surface area contributed by atoms with Crippen LogP contribution in [0.5, 0.6) is 0 Å². The first-order chi connectivity index (χ1) is 7.60. The highest BCUT2D eigenvalue weighted by molar-refractivity contribution is 5.94. The van der Waals surface area contributed by atoms with E-state index in [1.807, 2.05) is 13.8 Å². The molecule has 4 nitrogen and oxygen atoms in total. The quantitative estimate of drug-likeness (QED) is 0.748. The second-order valence-corrected chi connectivity index (χ2v) is 3.68. The first-order valence-corrected chi connectivity index (χ1v) is 5.36. The van der Waals surface area contributed by atoms with Crippen LogP contribution in [-0.4, -0.2) is 35.6 Å². The summed E-state index contributed by atoms with van der Waals surface area (Å²) in [5.41, 5.74) is 7.88. The zero-order chi connectivity index (χ0) is 12.1. The van der Waals surface area contributed by atoms with Crippen molar-refractivity contribution in [2.75, 3.05) is 25.4 Å². The molecule has 88 valence electrons. The number of aliphatic hydroxyl groups is 1. The highest BCUT2D eigenvalue weighted by atomic mass is 16.3. The molecule has 0 unspecified atom stereocenters. The largest absolute Gasteiger partial charge is 0.399 e. The van der Waals surface area contributed by atoms with Crippen molar-refractivity contribution in [3.63, 3.8) is 0 Å². The van der Waals surface area contributed by atoms with E-state index in [1.165, 1.54) is 0 Å². The normalized spacial score (nSPS) is 10.2. The minimum absolute atomic E-state index is 0.0203. The molecule has 1 aromatic rings. The van der Waals surface area contributed by atoms with Gasteiger partial charge in [-0.3, -0.25) is 4.79 Å². The molecule has 0 saturated heterocycles. The predicted octanol–water partition coefficient (Wildman–Crippen LogP) is 1.03. The second-order valence-electron chi connectivity index (χ2n) is 3.68. The number of anilines is 1. The molecule has 1 aromatic carbocycles. The maximum atomic E-state index is 12.0. The minimum Gasteiger partial charge on any atom is -0.399 e. The van der Waals surface area contributed by atoms with Gasteiger partial charge >= 0.3 is 0 Å². The van der Waals surface area contributed by atoms with E-state index in [2.05, 4.69) is 0 Å². The Labute approximate surface area is 95.7 Å². The maximum absolute atomic E-state index is 12.0. The lowest BCUT2D eigenvalue weighted by molar-refractivity contribution is 0.0732. The number of hydrogen-bond acceptors (Lipinski definition) is 3. The Kier molecular flexibility index (Phi) is 4.31. The van der Waals surface area contributed by atoms with Crippen LogP contribution >= 0.6 is 0 Å². The van der Waals surface area contributed by atoms with Crippen LogP contribution in [-0.2, 0) is 0 Å². The van der Waals surface area contributed by atoms with Gasteiger partial charge in [-0.1, -0.05) is 0 Å². The number of carbonyl (C=O) groups is 1. The number of nitrogens with two attached hydrogens (primary N) is 1. The molecular formula is C12H18N2O2. The number of hydrogen-bond donors (Lipinski definition) is 2. The summed E-state index contributed by atoms with van der Waals surface area (Å²) < 4.78 is 0. The molecule has 0 radical (unpaired) electrons. The third-order valence-electron chi connectivity index (χ3n) is 2.56. The molecule has 0 aliphatic rings. The Hall–Kier alpha value is -1.55. The van der Waals surface area contributed by atoms with E-state index in [0.717, 1.165) is 5.56 Å². The Morgan fingerprint density at radius 2 is 2.19 bits per heavy atom. The summed E-state index contributed by atoms with van der Waals surface area (Å²) in [5, 5.41) is 8.85. The van der Waals surface area contributed by atoms with Gasteiger partial charge in [-0.15, -0.1) is 0 Å². The summed E-state index contributed by atoms with van der Waals surface area (Å²) in [5.74, 6) is -0.0698. The number of carbonyl (C=O) groups excluding carboxylic acids is 1. The van der Waals surface area contributed by atoms with Crippen molar-refractivity contribution >= 4 is 11.6 Å². The molecule has 0 bridgehead atoms. The summed E-state index contributed by atoms with van der Waals surface area (Å²) in [6.07, 6.45) is 0. The van der Waals surface area contributed by atoms with Gasteiger partial charge in [0, 0.05) is 24.3 Å². The number of nitrogens with zero attached hydrogens (tertiary/aromatic N) is 1. The number of rotatable bonds is 4. The van der Waals surface area contributed by atoms with Crippen LogP contribution in [0.15, 0.2) is 18.2 Å². The Bertz CT molecular complexity index is 377. The van der Waals surface area contributed by atoms with Crippen molar-refractivity contribution in [3.8, 4) is 0 Å². The topological polar surface area (TPSA) is 66.6 Å². The molecule has 0 aromatic heterocycles. The first-order valence-electron chi connectivity index (χ1n) is 5.36. The molecule has 0 fully saturated rings. The third kappa shape index (κ3) is 2.73. The van der Waals surface area contributed by atoms with Gasteiger partial charge in [-0.05, 0) is 37.6 Å². The Morgan fingerprint density at radius 3 is 2.69 bits per heavy atom. The summed E-state index contributed by atoms with van der Waals surface area (Å²) in [6, 6.07) is 5.22. The Balaban J connectivity index is 2.90. The number of amides is 1. The molecule has 4 heteroatoms. The minimum atomic E-state index is -0.0698. The first kappa shape index (κ1) is 12.5. The van der Waals surface area contributed by atoms with Crippen LogP contribution in [0.2, 0.25) is 0 Å². The van der Waals surface area contributed by atoms with Gasteiger partial charge in [0.1, 0.15) is 0 Å². The lowest BCUT2D eigenvalue weighted by Gasteiger charge is -2.20. The molecule has 0 spiro atoms. The molecular weight excluding hydrogens is 204 g/mol. The molecule has 0 atom stereocenters. The number of benzene rings is 1. The van der Waals surface area contributed by atoms with E-state index >= 15 is 0 Å². The molecule has 3 N–H and O–H groups in total. The van der Waals surface area contributed by atoms with E-state index in [0.29, 0.717) is 24.3 Å². The molecule has 0 aliphatic carbocycles. The Morgan fingerprint density at radius 1 is 1.50 bits per heavy atom. The van der Waals surface area contributed by atoms with E-state index in [4.69, 9.17) is 10.8 Å². The fourth-order valence-corrected chi connectivity index (χ4v) is 1.52. The lowest BCUT2D eigenvalue weighted by Crippen LogP contribution is -2.33. The molecule has 0 heterocycles. The fourth-order valence-electron chi connectivity index (χ4n) is 1.52. The zero-order valence-electron chi connectivity index (χ0n) is 9.73. The predicted molar refractivity (Wildman–Crippen MR) is 64.3 cm³/mol. The standard InChI is InChI=1S/C12H18N2O2/c1-3-14(6-7-15)12(16)10-4-5-11(13)9(2)8-10/h4-5,8,15H,3,6-7,13H2,1-2H3. The van der Waals surface area contributed by atoms with E-state index in [-0.39, 0.29) is 12.5 Å². The maximum Gasteiger partial charge on any atom is 0.253 e. The SMILES string of the molecule is CCN(CCO)C(=O)c1ccc(N)c(C)c1. The summed E-state index contributed by atoms with van der Waals surface area (Å²) >= 11 is 0. The number of likely N-dealkylation sites (N-methyl/N-ethyl adjacent to an activating group) is 1. The van der Waals surface area contributed by atoms with Gasteiger partial charge in [0.25, 0.3) is 5.91 Å². The highest BCUT2D eigenvalue weighted by Gasteiger charge is 2.13. The van der Waals surface area contributed by atoms with Crippen LogP contribution in [0.3, 0.4) is 0 Å². The molecule has 1 rings (SSSR count). The van der Waals surface area contributed by atoms with Crippen molar-refractivity contribution in [2.45, 2.75) is 13.8 Å². The fraction of sp³-hybridized carbons (Fsp3) is 0.417. The van der Waals surface area contributed by atoms with Gasteiger partial charge in [0.15, 0.2) is 0 Å². The van der Waals surface area contributed by atoms with Gasteiger partial charge < -0.3 is 15.7 Å². The van der Waals surface area contributed by atoms with Crippen molar-refractivity contribution in [1.29, 1.82) is 0 Å². The number of nitrogen functional groups attached to an aromatic ring is 1. The van der Waals surface area contributed by atoms with Crippen molar-refractivity contribution in [3.05, 3.63) is 29.3 Å². The molecule has 1 amide bonds. The summed E-state index contributed by atoms with van der Waals surface area (Å²) in [4.78, 5) is 13.6. The van der Waals surface area contributed by atoms with Crippen LogP contribution < -0.4 is 5.73 Å². The lowest BCUT2D eigenvalue weighted by atomic mass is 10.1.